The highest BCUT2D eigenvalue weighted by Crippen LogP contribution is 2.26. The summed E-state index contributed by atoms with van der Waals surface area (Å²) in [6, 6.07) is 13.0. The van der Waals surface area contributed by atoms with E-state index in [1.165, 1.54) is 0 Å². The quantitative estimate of drug-likeness (QED) is 0.781. The molecule has 6 heteroatoms. The van der Waals surface area contributed by atoms with Gasteiger partial charge in [-0.2, -0.15) is 0 Å². The summed E-state index contributed by atoms with van der Waals surface area (Å²) in [5.74, 6) is -0.768. The second-order valence-electron chi connectivity index (χ2n) is 5.90. The molecule has 0 fully saturated rings. The fourth-order valence-corrected chi connectivity index (χ4v) is 2.70. The molecule has 0 bridgehead atoms. The molecule has 2 aromatic carbocycles. The lowest BCUT2D eigenvalue weighted by atomic mass is 10.1. The van der Waals surface area contributed by atoms with Gasteiger partial charge in [0.1, 0.15) is 11.9 Å². The van der Waals surface area contributed by atoms with Crippen LogP contribution in [0.3, 0.4) is 0 Å². The van der Waals surface area contributed by atoms with Gasteiger partial charge in [0.2, 0.25) is 0 Å². The number of benzene rings is 2. The van der Waals surface area contributed by atoms with Gasteiger partial charge in [-0.3, -0.25) is 9.59 Å². The van der Waals surface area contributed by atoms with Crippen LogP contribution >= 0.6 is 0 Å². The lowest BCUT2D eigenvalue weighted by Gasteiger charge is -2.19. The molecule has 2 amide bonds. The Balaban J connectivity index is 2.01. The zero-order valence-corrected chi connectivity index (χ0v) is 15.5. The average Bonchev–Trinajstić information content (AvgIpc) is 2.65. The second-order valence-corrected chi connectivity index (χ2v) is 5.90. The summed E-state index contributed by atoms with van der Waals surface area (Å²) >= 11 is 0. The zero-order chi connectivity index (χ0) is 19.1. The Labute approximate surface area is 153 Å². The third kappa shape index (κ3) is 4.61. The number of rotatable bonds is 6. The molecular weight excluding hydrogens is 332 g/mol. The molecule has 0 radical (unpaired) electrons. The summed E-state index contributed by atoms with van der Waals surface area (Å²) in [6.07, 6.45) is -0.428. The van der Waals surface area contributed by atoms with Gasteiger partial charge in [-0.15, -0.1) is 0 Å². The summed E-state index contributed by atoms with van der Waals surface area (Å²) in [6.45, 7) is 3.90. The Kier molecular flexibility index (Phi) is 6.74. The lowest BCUT2D eigenvalue weighted by molar-refractivity contribution is -0.136. The maximum atomic E-state index is 12.2. The third-order valence-electron chi connectivity index (χ3n) is 4.14. The number of hydrogen-bond donors (Lipinski definition) is 2. The van der Waals surface area contributed by atoms with E-state index in [1.807, 2.05) is 56.3 Å². The van der Waals surface area contributed by atoms with Crippen molar-refractivity contribution in [2.75, 3.05) is 26.1 Å². The van der Waals surface area contributed by atoms with Gasteiger partial charge in [-0.1, -0.05) is 36.4 Å². The maximum Gasteiger partial charge on any atom is 0.313 e. The molecule has 0 aliphatic carbocycles. The summed E-state index contributed by atoms with van der Waals surface area (Å²) in [4.78, 5) is 24.4. The Hall–Kier alpha value is -2.86. The number of anilines is 1. The number of amides is 2. The largest absolute Gasteiger partial charge is 0.496 e. The van der Waals surface area contributed by atoms with Crippen LogP contribution in [0.2, 0.25) is 0 Å². The van der Waals surface area contributed by atoms with E-state index in [-0.39, 0.29) is 6.54 Å². The van der Waals surface area contributed by atoms with Gasteiger partial charge in [0.05, 0.1) is 7.11 Å². The molecule has 2 aromatic rings. The highest BCUT2D eigenvalue weighted by molar-refractivity contribution is 6.39. The average molecular weight is 356 g/mol. The Morgan fingerprint density at radius 1 is 0.962 bits per heavy atom. The molecule has 1 unspecified atom stereocenters. The standard InChI is InChI=1S/C20H24N2O4/c1-13-8-7-9-14(2)18(13)22-20(24)19(23)21-12-17(26-4)15-10-5-6-11-16(15)25-3/h5-11,17H,12H2,1-4H3,(H,21,23)(H,22,24). The minimum absolute atomic E-state index is 0.149. The predicted octanol–water partition coefficient (Wildman–Crippen LogP) is 2.75. The second kappa shape index (κ2) is 9.01. The van der Waals surface area contributed by atoms with Crippen molar-refractivity contribution in [1.29, 1.82) is 0 Å². The molecule has 0 saturated heterocycles. The summed E-state index contributed by atoms with van der Waals surface area (Å²) in [7, 11) is 3.11. The van der Waals surface area contributed by atoms with Crippen LogP contribution in [0.4, 0.5) is 5.69 Å². The van der Waals surface area contributed by atoms with E-state index in [1.54, 1.807) is 14.2 Å². The van der Waals surface area contributed by atoms with E-state index in [0.29, 0.717) is 11.4 Å². The maximum absolute atomic E-state index is 12.2. The van der Waals surface area contributed by atoms with Crippen molar-refractivity contribution in [3.8, 4) is 5.75 Å². The smallest absolute Gasteiger partial charge is 0.313 e. The number of methoxy groups -OCH3 is 2. The Morgan fingerprint density at radius 3 is 2.23 bits per heavy atom. The number of carbonyl (C=O) groups excluding carboxylic acids is 2. The molecule has 1 atom stereocenters. The summed E-state index contributed by atoms with van der Waals surface area (Å²) < 4.78 is 10.8. The predicted molar refractivity (Wildman–Crippen MR) is 100 cm³/mol. The fraction of sp³-hybridized carbons (Fsp3) is 0.300. The van der Waals surface area contributed by atoms with E-state index in [4.69, 9.17) is 9.47 Å². The van der Waals surface area contributed by atoms with E-state index < -0.39 is 17.9 Å². The topological polar surface area (TPSA) is 76.7 Å². The molecule has 0 aliphatic rings. The Bertz CT molecular complexity index is 769. The number of nitrogens with one attached hydrogen (secondary N) is 2. The molecule has 0 spiro atoms. The molecule has 26 heavy (non-hydrogen) atoms. The normalized spacial score (nSPS) is 11.5. The highest BCUT2D eigenvalue weighted by Gasteiger charge is 2.20. The van der Waals surface area contributed by atoms with Gasteiger partial charge >= 0.3 is 11.8 Å². The monoisotopic (exact) mass is 356 g/mol. The molecule has 138 valence electrons. The minimum atomic E-state index is -0.718. The van der Waals surface area contributed by atoms with Crippen molar-refractivity contribution in [2.24, 2.45) is 0 Å². The number of para-hydroxylation sites is 2. The van der Waals surface area contributed by atoms with Crippen LogP contribution in [-0.2, 0) is 14.3 Å². The lowest BCUT2D eigenvalue weighted by Crippen LogP contribution is -2.38. The summed E-state index contributed by atoms with van der Waals surface area (Å²) in [5.41, 5.74) is 3.25. The van der Waals surface area contributed by atoms with Crippen LogP contribution in [0.25, 0.3) is 0 Å². The van der Waals surface area contributed by atoms with Crippen molar-refractivity contribution in [1.82, 2.24) is 5.32 Å². The molecule has 2 N–H and O–H groups in total. The molecule has 0 heterocycles. The van der Waals surface area contributed by atoms with E-state index in [2.05, 4.69) is 10.6 Å². The first-order chi connectivity index (χ1) is 12.5. The number of hydrogen-bond acceptors (Lipinski definition) is 4. The Morgan fingerprint density at radius 2 is 1.62 bits per heavy atom. The van der Waals surface area contributed by atoms with Gasteiger partial charge in [0.25, 0.3) is 0 Å². The van der Waals surface area contributed by atoms with Crippen molar-refractivity contribution in [3.63, 3.8) is 0 Å². The zero-order valence-electron chi connectivity index (χ0n) is 15.5. The molecule has 0 aromatic heterocycles. The van der Waals surface area contributed by atoms with Gasteiger partial charge in [0.15, 0.2) is 0 Å². The van der Waals surface area contributed by atoms with Crippen molar-refractivity contribution in [3.05, 3.63) is 59.2 Å². The first kappa shape index (κ1) is 19.5. The summed E-state index contributed by atoms with van der Waals surface area (Å²) in [5, 5.41) is 5.28. The van der Waals surface area contributed by atoms with E-state index in [0.717, 1.165) is 16.7 Å². The van der Waals surface area contributed by atoms with E-state index >= 15 is 0 Å². The number of ether oxygens (including phenoxy) is 2. The fourth-order valence-electron chi connectivity index (χ4n) is 2.70. The molecule has 6 nitrogen and oxygen atoms in total. The van der Waals surface area contributed by atoms with Gasteiger partial charge in [0, 0.05) is 24.9 Å². The van der Waals surface area contributed by atoms with Crippen molar-refractivity contribution in [2.45, 2.75) is 20.0 Å². The van der Waals surface area contributed by atoms with E-state index in [9.17, 15) is 9.59 Å². The first-order valence-corrected chi connectivity index (χ1v) is 8.29. The van der Waals surface area contributed by atoms with Crippen molar-refractivity contribution >= 4 is 17.5 Å². The van der Waals surface area contributed by atoms with Crippen LogP contribution in [0.15, 0.2) is 42.5 Å². The minimum Gasteiger partial charge on any atom is -0.496 e. The molecule has 2 rings (SSSR count). The molecule has 0 saturated carbocycles. The van der Waals surface area contributed by atoms with Crippen LogP contribution < -0.4 is 15.4 Å². The number of carbonyl (C=O) groups is 2. The molecular formula is C20H24N2O4. The van der Waals surface area contributed by atoms with Crippen molar-refractivity contribution < 1.29 is 19.1 Å². The van der Waals surface area contributed by atoms with Crippen LogP contribution in [0.1, 0.15) is 22.8 Å². The molecule has 0 aliphatic heterocycles. The van der Waals surface area contributed by atoms with Gasteiger partial charge in [-0.25, -0.2) is 0 Å². The van der Waals surface area contributed by atoms with Crippen LogP contribution in [-0.4, -0.2) is 32.6 Å². The number of aryl methyl sites for hydroxylation is 2. The SMILES string of the molecule is COc1ccccc1C(CNC(=O)C(=O)Nc1c(C)cccc1C)OC. The third-order valence-corrected chi connectivity index (χ3v) is 4.14. The van der Waals surface area contributed by atoms with Crippen LogP contribution in [0.5, 0.6) is 5.75 Å². The highest BCUT2D eigenvalue weighted by atomic mass is 16.5. The van der Waals surface area contributed by atoms with Gasteiger partial charge < -0.3 is 20.1 Å². The van der Waals surface area contributed by atoms with Gasteiger partial charge in [-0.05, 0) is 31.0 Å². The first-order valence-electron chi connectivity index (χ1n) is 8.29. The van der Waals surface area contributed by atoms with Crippen LogP contribution in [0, 0.1) is 13.8 Å².